The van der Waals surface area contributed by atoms with Gasteiger partial charge < -0.3 is 10.1 Å². The predicted molar refractivity (Wildman–Crippen MR) is 105 cm³/mol. The van der Waals surface area contributed by atoms with Gasteiger partial charge in [0.25, 0.3) is 15.9 Å². The summed E-state index contributed by atoms with van der Waals surface area (Å²) in [5.41, 5.74) is 0.460. The Morgan fingerprint density at radius 2 is 1.88 bits per heavy atom. The number of carbonyl (C=O) groups excluding carboxylic acids is 1. The summed E-state index contributed by atoms with van der Waals surface area (Å²) in [4.78, 5) is 12.4. The van der Waals surface area contributed by atoms with Crippen LogP contribution in [0.2, 0.25) is 0 Å². The van der Waals surface area contributed by atoms with Crippen molar-refractivity contribution < 1.29 is 17.9 Å². The Bertz CT molecular complexity index is 898. The molecule has 0 fully saturated rings. The van der Waals surface area contributed by atoms with E-state index in [1.165, 1.54) is 13.2 Å². The lowest BCUT2D eigenvalue weighted by Crippen LogP contribution is -2.28. The number of carbonyl (C=O) groups is 1. The van der Waals surface area contributed by atoms with E-state index in [1.807, 2.05) is 13.8 Å². The lowest BCUT2D eigenvalue weighted by molar-refractivity contribution is 0.0950. The van der Waals surface area contributed by atoms with E-state index in [2.05, 4.69) is 26.0 Å². The van der Waals surface area contributed by atoms with Gasteiger partial charge in [-0.05, 0) is 36.2 Å². The highest BCUT2D eigenvalue weighted by molar-refractivity contribution is 9.10. The van der Waals surface area contributed by atoms with E-state index in [9.17, 15) is 13.2 Å². The van der Waals surface area contributed by atoms with Crippen molar-refractivity contribution >= 4 is 37.5 Å². The molecule has 26 heavy (non-hydrogen) atoms. The molecule has 0 saturated heterocycles. The fourth-order valence-electron chi connectivity index (χ4n) is 2.22. The van der Waals surface area contributed by atoms with Crippen molar-refractivity contribution in [3.05, 3.63) is 52.5 Å². The summed E-state index contributed by atoms with van der Waals surface area (Å²) in [5.74, 6) is 0.161. The molecule has 0 aliphatic carbocycles. The van der Waals surface area contributed by atoms with Gasteiger partial charge in [0.2, 0.25) is 0 Å². The van der Waals surface area contributed by atoms with Gasteiger partial charge in [-0.3, -0.25) is 9.52 Å². The Labute approximate surface area is 162 Å². The minimum atomic E-state index is -3.95. The first kappa shape index (κ1) is 20.3. The fraction of sp³-hybridized carbons (Fsp3) is 0.278. The van der Waals surface area contributed by atoms with Gasteiger partial charge in [-0.2, -0.15) is 0 Å². The van der Waals surface area contributed by atoms with Gasteiger partial charge in [-0.25, -0.2) is 8.42 Å². The molecule has 0 aliphatic rings. The highest BCUT2D eigenvalue weighted by Crippen LogP contribution is 2.29. The monoisotopic (exact) mass is 440 g/mol. The zero-order valence-electron chi connectivity index (χ0n) is 14.7. The van der Waals surface area contributed by atoms with Crippen LogP contribution in [0, 0.1) is 5.92 Å². The van der Waals surface area contributed by atoms with Gasteiger partial charge in [0.05, 0.1) is 18.4 Å². The molecule has 6 nitrogen and oxygen atoms in total. The van der Waals surface area contributed by atoms with E-state index in [1.54, 1.807) is 36.4 Å². The molecule has 2 N–H and O–H groups in total. The van der Waals surface area contributed by atoms with Crippen LogP contribution in [0.4, 0.5) is 5.69 Å². The molecule has 0 unspecified atom stereocenters. The molecule has 0 bridgehead atoms. The Kier molecular flexibility index (Phi) is 6.66. The second-order valence-corrected chi connectivity index (χ2v) is 8.62. The van der Waals surface area contributed by atoms with Crippen molar-refractivity contribution in [1.82, 2.24) is 5.32 Å². The Balaban J connectivity index is 2.36. The molecule has 0 atom stereocenters. The molecule has 1 amide bonds. The van der Waals surface area contributed by atoms with Crippen LogP contribution in [0.3, 0.4) is 0 Å². The first-order valence-corrected chi connectivity index (χ1v) is 10.3. The molecule has 0 radical (unpaired) electrons. The third kappa shape index (κ3) is 4.98. The van der Waals surface area contributed by atoms with E-state index in [4.69, 9.17) is 4.74 Å². The summed E-state index contributed by atoms with van der Waals surface area (Å²) in [5, 5.41) is 2.79. The highest BCUT2D eigenvalue weighted by Gasteiger charge is 2.22. The van der Waals surface area contributed by atoms with Crippen LogP contribution in [0.5, 0.6) is 5.75 Å². The number of anilines is 1. The summed E-state index contributed by atoms with van der Waals surface area (Å²) < 4.78 is 33.9. The van der Waals surface area contributed by atoms with Crippen LogP contribution >= 0.6 is 15.9 Å². The van der Waals surface area contributed by atoms with E-state index in [-0.39, 0.29) is 33.7 Å². The number of para-hydroxylation sites is 1. The number of nitrogens with one attached hydrogen (secondary N) is 2. The smallest absolute Gasteiger partial charge is 0.265 e. The average Bonchev–Trinajstić information content (AvgIpc) is 2.59. The lowest BCUT2D eigenvalue weighted by atomic mass is 10.1. The molecule has 0 aliphatic heterocycles. The maximum absolute atomic E-state index is 12.8. The van der Waals surface area contributed by atoms with Crippen LogP contribution in [0.25, 0.3) is 0 Å². The molecule has 140 valence electrons. The standard InChI is InChI=1S/C18H21BrN2O4S/c1-12(2)11-20-18(22)14-6-4-5-7-15(14)21-26(23,24)17-10-13(19)8-9-16(17)25-3/h4-10,12,21H,11H2,1-3H3,(H,20,22). The van der Waals surface area contributed by atoms with Crippen molar-refractivity contribution in [3.8, 4) is 5.75 Å². The van der Waals surface area contributed by atoms with E-state index < -0.39 is 10.0 Å². The third-order valence-electron chi connectivity index (χ3n) is 3.50. The second-order valence-electron chi connectivity index (χ2n) is 6.05. The zero-order chi connectivity index (χ0) is 19.3. The summed E-state index contributed by atoms with van der Waals surface area (Å²) >= 11 is 3.26. The number of sulfonamides is 1. The number of ether oxygens (including phenoxy) is 1. The molecule has 0 saturated carbocycles. The van der Waals surface area contributed by atoms with Crippen molar-refractivity contribution in [2.75, 3.05) is 18.4 Å². The molecule has 0 heterocycles. The van der Waals surface area contributed by atoms with Crippen molar-refractivity contribution in [3.63, 3.8) is 0 Å². The molecule has 2 rings (SSSR count). The maximum Gasteiger partial charge on any atom is 0.265 e. The molecule has 0 spiro atoms. The van der Waals surface area contributed by atoms with Crippen molar-refractivity contribution in [2.24, 2.45) is 5.92 Å². The molecular formula is C18H21BrN2O4S. The number of hydrogen-bond acceptors (Lipinski definition) is 4. The van der Waals surface area contributed by atoms with Crippen LogP contribution in [0.15, 0.2) is 51.8 Å². The number of halogens is 1. The molecule has 8 heteroatoms. The third-order valence-corrected chi connectivity index (χ3v) is 5.38. The topological polar surface area (TPSA) is 84.5 Å². The second kappa shape index (κ2) is 8.55. The Morgan fingerprint density at radius 3 is 2.54 bits per heavy atom. The summed E-state index contributed by atoms with van der Waals surface area (Å²) in [7, 11) is -2.55. The quantitative estimate of drug-likeness (QED) is 0.687. The van der Waals surface area contributed by atoms with Gasteiger partial charge >= 0.3 is 0 Å². The SMILES string of the molecule is COc1ccc(Br)cc1S(=O)(=O)Nc1ccccc1C(=O)NCC(C)C. The zero-order valence-corrected chi connectivity index (χ0v) is 17.1. The van der Waals surface area contributed by atoms with Crippen LogP contribution < -0.4 is 14.8 Å². The van der Waals surface area contributed by atoms with Gasteiger partial charge in [-0.1, -0.05) is 41.9 Å². The Morgan fingerprint density at radius 1 is 1.19 bits per heavy atom. The first-order chi connectivity index (χ1) is 12.2. The average molecular weight is 441 g/mol. The minimum absolute atomic E-state index is 0.0215. The van der Waals surface area contributed by atoms with Crippen LogP contribution in [0.1, 0.15) is 24.2 Å². The predicted octanol–water partition coefficient (Wildman–Crippen LogP) is 3.64. The summed E-state index contributed by atoms with van der Waals surface area (Å²) in [6.45, 7) is 4.46. The lowest BCUT2D eigenvalue weighted by Gasteiger charge is -2.15. The minimum Gasteiger partial charge on any atom is -0.495 e. The van der Waals surface area contributed by atoms with Gasteiger partial charge in [-0.15, -0.1) is 0 Å². The summed E-state index contributed by atoms with van der Waals surface area (Å²) in [6, 6.07) is 11.2. The number of methoxy groups -OCH3 is 1. The largest absolute Gasteiger partial charge is 0.495 e. The van der Waals surface area contributed by atoms with E-state index in [0.717, 1.165) is 0 Å². The maximum atomic E-state index is 12.8. The van der Waals surface area contributed by atoms with Gasteiger partial charge in [0, 0.05) is 11.0 Å². The number of benzene rings is 2. The number of amides is 1. The van der Waals surface area contributed by atoms with E-state index in [0.29, 0.717) is 11.0 Å². The normalized spacial score (nSPS) is 11.3. The van der Waals surface area contributed by atoms with E-state index >= 15 is 0 Å². The van der Waals surface area contributed by atoms with Gasteiger partial charge in [0.1, 0.15) is 10.6 Å². The van der Waals surface area contributed by atoms with Gasteiger partial charge in [0.15, 0.2) is 0 Å². The number of rotatable bonds is 7. The molecule has 2 aromatic rings. The van der Waals surface area contributed by atoms with Crippen molar-refractivity contribution in [1.29, 1.82) is 0 Å². The Hall–Kier alpha value is -2.06. The first-order valence-electron chi connectivity index (χ1n) is 7.98. The highest BCUT2D eigenvalue weighted by atomic mass is 79.9. The van der Waals surface area contributed by atoms with Crippen molar-refractivity contribution in [2.45, 2.75) is 18.7 Å². The molecule has 0 aromatic heterocycles. The summed E-state index contributed by atoms with van der Waals surface area (Å²) in [6.07, 6.45) is 0. The number of hydrogen-bond donors (Lipinski definition) is 2. The molecular weight excluding hydrogens is 420 g/mol. The molecule has 2 aromatic carbocycles. The van der Waals surface area contributed by atoms with Crippen LogP contribution in [-0.4, -0.2) is 28.0 Å². The fourth-order valence-corrected chi connectivity index (χ4v) is 4.01. The van der Waals surface area contributed by atoms with Crippen LogP contribution in [-0.2, 0) is 10.0 Å².